The molecule has 2 unspecified atom stereocenters. The van der Waals surface area contributed by atoms with Crippen LogP contribution in [0.5, 0.6) is 0 Å². The zero-order chi connectivity index (χ0) is 10.4. The topological polar surface area (TPSA) is 0 Å². The van der Waals surface area contributed by atoms with E-state index in [1.165, 1.54) is 0 Å². The van der Waals surface area contributed by atoms with Crippen molar-refractivity contribution in [2.24, 2.45) is 0 Å². The Labute approximate surface area is 60.5 Å². The van der Waals surface area contributed by atoms with Gasteiger partial charge in [-0.25, -0.2) is 0 Å². The summed E-state index contributed by atoms with van der Waals surface area (Å²) >= 11 is 2.81. The van der Waals surface area contributed by atoms with Crippen LogP contribution in [-0.2, 0) is 0 Å². The van der Waals surface area contributed by atoms with Crippen molar-refractivity contribution < 1.29 is 8.22 Å². The maximum atomic E-state index is 7.52. The molecular formula is C6H7Br. The van der Waals surface area contributed by atoms with E-state index in [0.29, 0.717) is 0 Å². The second-order valence-electron chi connectivity index (χ2n) is 1.01. The van der Waals surface area contributed by atoms with Gasteiger partial charge in [-0.3, -0.25) is 0 Å². The SMILES string of the molecule is [2H]C1=C([2H])C([2H])C([2H])(Br)C([2H])=C1[2H]. The number of hydrogen-bond donors (Lipinski definition) is 0. The lowest BCUT2D eigenvalue weighted by Crippen LogP contribution is -1.90. The zero-order valence-electron chi connectivity index (χ0n) is 9.46. The van der Waals surface area contributed by atoms with Crippen LogP contribution in [0.2, 0.25) is 0 Å². The summed E-state index contributed by atoms with van der Waals surface area (Å²) in [6, 6.07) is -1.73. The lowest BCUT2D eigenvalue weighted by atomic mass is 10.2. The Kier molecular flexibility index (Phi) is 0.487. The monoisotopic (exact) mass is 164 g/mol. The third-order valence-corrected chi connectivity index (χ3v) is 0.943. The Morgan fingerprint density at radius 3 is 3.71 bits per heavy atom. The van der Waals surface area contributed by atoms with Gasteiger partial charge in [0, 0.05) is 7.54 Å². The summed E-state index contributed by atoms with van der Waals surface area (Å²) < 4.78 is 44.0. The van der Waals surface area contributed by atoms with Gasteiger partial charge in [0.2, 0.25) is 0 Å². The average molecular weight is 165 g/mol. The molecule has 0 bridgehead atoms. The van der Waals surface area contributed by atoms with Gasteiger partial charge >= 0.3 is 0 Å². The van der Waals surface area contributed by atoms with Crippen molar-refractivity contribution in [1.29, 1.82) is 0 Å². The average Bonchev–Trinajstić information content (AvgIpc) is 2.09. The molecule has 0 nitrogen and oxygen atoms in total. The second-order valence-corrected chi connectivity index (χ2v) is 1.87. The molecular weight excluding hydrogens is 152 g/mol. The smallest absolute Gasteiger partial charge is 0.0620 e. The van der Waals surface area contributed by atoms with Gasteiger partial charge in [0.15, 0.2) is 0 Å². The zero-order valence-corrected chi connectivity index (χ0v) is 5.04. The number of halogens is 1. The summed E-state index contributed by atoms with van der Waals surface area (Å²) in [7, 11) is 0. The van der Waals surface area contributed by atoms with E-state index in [1.807, 2.05) is 0 Å². The fourth-order valence-corrected chi connectivity index (χ4v) is 0.476. The number of alkyl halides is 1. The van der Waals surface area contributed by atoms with E-state index in [2.05, 4.69) is 15.9 Å². The summed E-state index contributed by atoms with van der Waals surface area (Å²) in [5, 5.41) is 0. The van der Waals surface area contributed by atoms with Gasteiger partial charge in [0.1, 0.15) is 0 Å². The first-order valence-electron chi connectivity index (χ1n) is 4.84. The van der Waals surface area contributed by atoms with Gasteiger partial charge in [-0.05, 0) is 6.40 Å². The highest BCUT2D eigenvalue weighted by molar-refractivity contribution is 9.09. The maximum absolute atomic E-state index is 7.52. The van der Waals surface area contributed by atoms with Gasteiger partial charge in [0.05, 0.1) is 5.48 Å². The van der Waals surface area contributed by atoms with Crippen LogP contribution in [0.1, 0.15) is 14.6 Å². The van der Waals surface area contributed by atoms with Crippen LogP contribution in [0.15, 0.2) is 24.2 Å². The van der Waals surface area contributed by atoms with E-state index in [-0.39, 0.29) is 0 Å². The maximum Gasteiger partial charge on any atom is 0.0620 e. The number of allylic oxidation sites excluding steroid dienone is 4. The van der Waals surface area contributed by atoms with Crippen molar-refractivity contribution in [1.82, 2.24) is 0 Å². The first kappa shape index (κ1) is 1.47. The minimum Gasteiger partial charge on any atom is -0.0842 e. The summed E-state index contributed by atoms with van der Waals surface area (Å²) in [5.74, 6) is 0. The van der Waals surface area contributed by atoms with E-state index in [1.54, 1.807) is 0 Å². The van der Waals surface area contributed by atoms with E-state index < -0.39 is 35.4 Å². The van der Waals surface area contributed by atoms with E-state index >= 15 is 0 Å². The summed E-state index contributed by atoms with van der Waals surface area (Å²) in [6.07, 6.45) is -1.32. The first-order valence-corrected chi connectivity index (χ1v) is 2.56. The molecule has 38 valence electrons. The van der Waals surface area contributed by atoms with Crippen LogP contribution in [0.25, 0.3) is 0 Å². The fraction of sp³-hybridized carbons (Fsp3) is 0.333. The molecule has 0 spiro atoms. The molecule has 0 N–H and O–H groups in total. The van der Waals surface area contributed by atoms with Crippen molar-refractivity contribution in [2.75, 3.05) is 0 Å². The molecule has 0 aromatic carbocycles. The van der Waals surface area contributed by atoms with Crippen LogP contribution in [0, 0.1) is 0 Å². The predicted octanol–water partition coefficient (Wildman–Crippen LogP) is 2.27. The second kappa shape index (κ2) is 2.31. The molecule has 1 aliphatic rings. The van der Waals surface area contributed by atoms with Crippen molar-refractivity contribution in [2.45, 2.75) is 11.2 Å². The van der Waals surface area contributed by atoms with Crippen LogP contribution in [0.4, 0.5) is 0 Å². The van der Waals surface area contributed by atoms with Gasteiger partial charge in [-0.15, -0.1) is 0 Å². The van der Waals surface area contributed by atoms with Crippen molar-refractivity contribution >= 4 is 15.9 Å². The largest absolute Gasteiger partial charge is 0.0842 e. The van der Waals surface area contributed by atoms with Crippen LogP contribution < -0.4 is 0 Å². The molecule has 0 heterocycles. The predicted molar refractivity (Wildman–Crippen MR) is 35.6 cm³/mol. The molecule has 0 aromatic rings. The molecule has 0 aromatic heterocycles. The fourth-order valence-electron chi connectivity index (χ4n) is 0.263. The molecule has 2 atom stereocenters. The molecule has 1 aliphatic carbocycles. The number of hydrogen-bond acceptors (Lipinski definition) is 0. The van der Waals surface area contributed by atoms with Crippen molar-refractivity contribution in [3.63, 3.8) is 0 Å². The minimum absolute atomic E-state index is 0.395. The molecule has 1 heteroatoms. The summed E-state index contributed by atoms with van der Waals surface area (Å²) in [4.78, 5) is -1.76. The normalized spacial score (nSPS) is 67.3. The van der Waals surface area contributed by atoms with E-state index in [4.69, 9.17) is 8.22 Å². The molecule has 0 saturated heterocycles. The highest BCUT2D eigenvalue weighted by atomic mass is 79.9. The molecule has 0 aliphatic heterocycles. The van der Waals surface area contributed by atoms with Gasteiger partial charge in [0.25, 0.3) is 0 Å². The highest BCUT2D eigenvalue weighted by Gasteiger charge is 1.95. The third kappa shape index (κ3) is 1.48. The molecule has 0 amide bonds. The van der Waals surface area contributed by atoms with Crippen LogP contribution >= 0.6 is 15.9 Å². The molecule has 0 saturated carbocycles. The summed E-state index contributed by atoms with van der Waals surface area (Å²) in [5.41, 5.74) is 0. The third-order valence-electron chi connectivity index (χ3n) is 0.515. The standard InChI is InChI=1S/C6H7Br/c7-6-4-2-1-3-5-6/h1-4,6H,5H2/i1D,2D,3D,4D,5D,6D. The lowest BCUT2D eigenvalue weighted by molar-refractivity contribution is 1.07. The molecule has 0 radical (unpaired) electrons. The molecule has 0 fully saturated rings. The molecule has 7 heavy (non-hydrogen) atoms. The quantitative estimate of drug-likeness (QED) is 0.483. The highest BCUT2D eigenvalue weighted by Crippen LogP contribution is 2.10. The van der Waals surface area contributed by atoms with Crippen LogP contribution in [-0.4, -0.2) is 4.80 Å². The van der Waals surface area contributed by atoms with Crippen LogP contribution in [0.3, 0.4) is 0 Å². The number of rotatable bonds is 0. The molecule has 1 rings (SSSR count). The Morgan fingerprint density at radius 1 is 2.00 bits per heavy atom. The Bertz CT molecular complexity index is 304. The Morgan fingerprint density at radius 2 is 2.86 bits per heavy atom. The Hall–Kier alpha value is -0.0400. The summed E-state index contributed by atoms with van der Waals surface area (Å²) in [6.45, 7) is 0. The van der Waals surface area contributed by atoms with Crippen molar-refractivity contribution in [3.8, 4) is 0 Å². The van der Waals surface area contributed by atoms with Gasteiger partial charge in [-0.1, -0.05) is 40.1 Å². The van der Waals surface area contributed by atoms with E-state index in [9.17, 15) is 0 Å². The lowest BCUT2D eigenvalue weighted by Gasteiger charge is -2.00. The Balaban J connectivity index is 3.32. The van der Waals surface area contributed by atoms with Gasteiger partial charge in [-0.2, -0.15) is 0 Å². The van der Waals surface area contributed by atoms with E-state index in [0.717, 1.165) is 0 Å². The van der Waals surface area contributed by atoms with Crippen molar-refractivity contribution in [3.05, 3.63) is 24.2 Å². The minimum atomic E-state index is -1.76. The van der Waals surface area contributed by atoms with Gasteiger partial charge < -0.3 is 0 Å². The first-order chi connectivity index (χ1) is 5.80.